The first-order chi connectivity index (χ1) is 6.61. The maximum Gasteiger partial charge on any atom is 0.306 e. The predicted molar refractivity (Wildman–Crippen MR) is 60.6 cm³/mol. The number of hydrogen-bond acceptors (Lipinski definition) is 4. The monoisotopic (exact) mass is 272 g/mol. The molecule has 1 aromatic heterocycles. The quantitative estimate of drug-likeness (QED) is 0.493. The second kappa shape index (κ2) is 3.21. The van der Waals surface area contributed by atoms with E-state index in [0.29, 0.717) is 4.47 Å². The third-order valence-corrected chi connectivity index (χ3v) is 3.38. The lowest BCUT2D eigenvalue weighted by Gasteiger charge is -2.00. The predicted octanol–water partition coefficient (Wildman–Crippen LogP) is 3.15. The number of nitro groups is 1. The number of benzene rings is 1. The first-order valence-electron chi connectivity index (χ1n) is 3.71. The number of nitro benzene ring substituents is 1. The van der Waals surface area contributed by atoms with Gasteiger partial charge < -0.3 is 5.73 Å². The van der Waals surface area contributed by atoms with Crippen molar-refractivity contribution < 1.29 is 4.92 Å². The Labute approximate surface area is 91.6 Å². The zero-order valence-corrected chi connectivity index (χ0v) is 9.26. The van der Waals surface area contributed by atoms with E-state index in [2.05, 4.69) is 15.9 Å². The molecule has 0 amide bonds. The normalized spacial score (nSPS) is 10.6. The van der Waals surface area contributed by atoms with E-state index < -0.39 is 4.92 Å². The fourth-order valence-electron chi connectivity index (χ4n) is 1.28. The van der Waals surface area contributed by atoms with Crippen molar-refractivity contribution in [3.8, 4) is 0 Å². The van der Waals surface area contributed by atoms with E-state index in [4.69, 9.17) is 5.73 Å². The van der Waals surface area contributed by atoms with Crippen LogP contribution < -0.4 is 5.73 Å². The number of nitrogens with two attached hydrogens (primary N) is 1. The SMILES string of the molecule is Nc1c([N+](=O)[O-])c(Br)cc2sccc12. The Balaban J connectivity index is 2.89. The van der Waals surface area contributed by atoms with Gasteiger partial charge in [-0.3, -0.25) is 10.1 Å². The highest BCUT2D eigenvalue weighted by Crippen LogP contribution is 2.39. The van der Waals surface area contributed by atoms with Crippen molar-refractivity contribution in [3.05, 3.63) is 32.1 Å². The molecule has 0 atom stereocenters. The Bertz CT molecular complexity index is 523. The number of nitrogen functional groups attached to an aromatic ring is 1. The number of hydrogen-bond donors (Lipinski definition) is 1. The van der Waals surface area contributed by atoms with Crippen molar-refractivity contribution >= 4 is 48.7 Å². The molecule has 0 aliphatic rings. The van der Waals surface area contributed by atoms with Crippen LogP contribution in [-0.2, 0) is 0 Å². The summed E-state index contributed by atoms with van der Waals surface area (Å²) in [6.07, 6.45) is 0. The Morgan fingerprint density at radius 3 is 2.93 bits per heavy atom. The maximum absolute atomic E-state index is 10.7. The van der Waals surface area contributed by atoms with Gasteiger partial charge in [-0.25, -0.2) is 0 Å². The van der Waals surface area contributed by atoms with E-state index in [-0.39, 0.29) is 11.4 Å². The average Bonchev–Trinajstić information content (AvgIpc) is 2.50. The molecule has 2 rings (SSSR count). The van der Waals surface area contributed by atoms with E-state index in [1.165, 1.54) is 11.3 Å². The van der Waals surface area contributed by atoms with E-state index in [0.717, 1.165) is 10.1 Å². The summed E-state index contributed by atoms with van der Waals surface area (Å²) in [7, 11) is 0. The molecule has 1 aromatic carbocycles. The van der Waals surface area contributed by atoms with E-state index in [9.17, 15) is 10.1 Å². The van der Waals surface area contributed by atoms with Crippen LogP contribution >= 0.6 is 27.3 Å². The van der Waals surface area contributed by atoms with Gasteiger partial charge in [0.25, 0.3) is 0 Å². The van der Waals surface area contributed by atoms with Crippen molar-refractivity contribution in [1.82, 2.24) is 0 Å². The van der Waals surface area contributed by atoms with Crippen LogP contribution in [0, 0.1) is 10.1 Å². The summed E-state index contributed by atoms with van der Waals surface area (Å²) in [5.74, 6) is 0. The molecule has 0 bridgehead atoms. The Hall–Kier alpha value is -1.14. The van der Waals surface area contributed by atoms with Gasteiger partial charge in [0, 0.05) is 10.1 Å². The molecule has 0 saturated heterocycles. The largest absolute Gasteiger partial charge is 0.393 e. The van der Waals surface area contributed by atoms with Gasteiger partial charge >= 0.3 is 5.69 Å². The van der Waals surface area contributed by atoms with E-state index >= 15 is 0 Å². The van der Waals surface area contributed by atoms with Crippen LogP contribution in [0.2, 0.25) is 0 Å². The van der Waals surface area contributed by atoms with Crippen LogP contribution in [0.15, 0.2) is 22.0 Å². The first kappa shape index (κ1) is 9.42. The molecule has 2 N–H and O–H groups in total. The fraction of sp³-hybridized carbons (Fsp3) is 0. The van der Waals surface area contributed by atoms with Crippen molar-refractivity contribution in [3.63, 3.8) is 0 Å². The van der Waals surface area contributed by atoms with Gasteiger partial charge in [-0.05, 0) is 33.4 Å². The fourth-order valence-corrected chi connectivity index (χ4v) is 2.86. The summed E-state index contributed by atoms with van der Waals surface area (Å²) in [5.41, 5.74) is 5.86. The highest BCUT2D eigenvalue weighted by molar-refractivity contribution is 9.10. The van der Waals surface area contributed by atoms with Crippen LogP contribution in [-0.4, -0.2) is 4.92 Å². The van der Waals surface area contributed by atoms with Crippen LogP contribution in [0.4, 0.5) is 11.4 Å². The van der Waals surface area contributed by atoms with Gasteiger partial charge in [-0.15, -0.1) is 11.3 Å². The minimum Gasteiger partial charge on any atom is -0.393 e. The lowest BCUT2D eigenvalue weighted by molar-refractivity contribution is -0.384. The van der Waals surface area contributed by atoms with Crippen LogP contribution in [0.25, 0.3) is 10.1 Å². The van der Waals surface area contributed by atoms with Crippen LogP contribution in [0.3, 0.4) is 0 Å². The zero-order chi connectivity index (χ0) is 10.3. The summed E-state index contributed by atoms with van der Waals surface area (Å²) in [6, 6.07) is 3.50. The van der Waals surface area contributed by atoms with Crippen molar-refractivity contribution in [2.24, 2.45) is 0 Å². The van der Waals surface area contributed by atoms with Crippen LogP contribution in [0.5, 0.6) is 0 Å². The molecule has 0 spiro atoms. The lowest BCUT2D eigenvalue weighted by Crippen LogP contribution is -1.96. The third-order valence-electron chi connectivity index (χ3n) is 1.91. The van der Waals surface area contributed by atoms with Gasteiger partial charge in [-0.2, -0.15) is 0 Å². The lowest BCUT2D eigenvalue weighted by atomic mass is 10.2. The zero-order valence-electron chi connectivity index (χ0n) is 6.86. The van der Waals surface area contributed by atoms with Gasteiger partial charge in [0.15, 0.2) is 0 Å². The Kier molecular flexibility index (Phi) is 2.16. The summed E-state index contributed by atoms with van der Waals surface area (Å²) in [4.78, 5) is 10.2. The standard InChI is InChI=1S/C8H5BrN2O2S/c9-5-3-6-4(1-2-14-6)7(10)8(5)11(12)13/h1-3H,10H2. The Morgan fingerprint density at radius 2 is 2.29 bits per heavy atom. The molecule has 2 aromatic rings. The van der Waals surface area contributed by atoms with Gasteiger partial charge in [0.05, 0.1) is 9.40 Å². The molecule has 0 aliphatic carbocycles. The summed E-state index contributed by atoms with van der Waals surface area (Å²) >= 11 is 4.64. The highest BCUT2D eigenvalue weighted by atomic mass is 79.9. The minimum absolute atomic E-state index is 0.0594. The third kappa shape index (κ3) is 1.27. The maximum atomic E-state index is 10.7. The van der Waals surface area contributed by atoms with Crippen LogP contribution in [0.1, 0.15) is 0 Å². The molecule has 6 heteroatoms. The molecule has 0 saturated carbocycles. The average molecular weight is 273 g/mol. The number of nitrogens with zero attached hydrogens (tertiary/aromatic N) is 1. The number of thiophene rings is 1. The van der Waals surface area contributed by atoms with Gasteiger partial charge in [0.2, 0.25) is 0 Å². The molecule has 72 valence electrons. The second-order valence-corrected chi connectivity index (χ2v) is 4.51. The molecule has 0 fully saturated rings. The minimum atomic E-state index is -0.476. The molecule has 4 nitrogen and oxygen atoms in total. The summed E-state index contributed by atoms with van der Waals surface area (Å²) in [6.45, 7) is 0. The summed E-state index contributed by atoms with van der Waals surface area (Å²) < 4.78 is 1.37. The van der Waals surface area contributed by atoms with Crippen molar-refractivity contribution in [2.45, 2.75) is 0 Å². The number of anilines is 1. The van der Waals surface area contributed by atoms with Gasteiger partial charge in [-0.1, -0.05) is 0 Å². The highest BCUT2D eigenvalue weighted by Gasteiger charge is 2.19. The molecule has 14 heavy (non-hydrogen) atoms. The van der Waals surface area contributed by atoms with Crippen molar-refractivity contribution in [2.75, 3.05) is 5.73 Å². The molecule has 0 aliphatic heterocycles. The Morgan fingerprint density at radius 1 is 1.57 bits per heavy atom. The van der Waals surface area contributed by atoms with Crippen molar-refractivity contribution in [1.29, 1.82) is 0 Å². The number of rotatable bonds is 1. The first-order valence-corrected chi connectivity index (χ1v) is 5.38. The summed E-state index contributed by atoms with van der Waals surface area (Å²) in [5, 5.41) is 13.3. The van der Waals surface area contributed by atoms with Gasteiger partial charge in [0.1, 0.15) is 5.69 Å². The topological polar surface area (TPSA) is 69.2 Å². The number of halogens is 1. The molecule has 1 heterocycles. The second-order valence-electron chi connectivity index (χ2n) is 2.71. The molecular weight excluding hydrogens is 268 g/mol. The molecule has 0 unspecified atom stereocenters. The number of fused-ring (bicyclic) bond motifs is 1. The van der Waals surface area contributed by atoms with E-state index in [1.54, 1.807) is 12.1 Å². The van der Waals surface area contributed by atoms with E-state index in [1.807, 2.05) is 5.38 Å². The molecule has 0 radical (unpaired) electrons. The smallest absolute Gasteiger partial charge is 0.306 e. The molecular formula is C8H5BrN2O2S.